The van der Waals surface area contributed by atoms with Crippen LogP contribution in [0.25, 0.3) is 0 Å². The Labute approximate surface area is 125 Å². The van der Waals surface area contributed by atoms with E-state index in [-0.39, 0.29) is 11.8 Å². The van der Waals surface area contributed by atoms with Crippen LogP contribution in [0.3, 0.4) is 0 Å². The fraction of sp³-hybridized carbons (Fsp3) is 0.438. The Morgan fingerprint density at radius 3 is 2.67 bits per heavy atom. The molecule has 0 atom stereocenters. The van der Waals surface area contributed by atoms with Crippen LogP contribution in [0.15, 0.2) is 37.2 Å². The third kappa shape index (κ3) is 3.48. The van der Waals surface area contributed by atoms with Crippen LogP contribution in [-0.4, -0.2) is 41.8 Å². The monoisotopic (exact) mass is 287 g/mol. The molecule has 1 aromatic rings. The molecule has 5 nitrogen and oxygen atoms in total. The van der Waals surface area contributed by atoms with E-state index < -0.39 is 5.41 Å². The summed E-state index contributed by atoms with van der Waals surface area (Å²) >= 11 is 0. The van der Waals surface area contributed by atoms with Crippen LogP contribution in [0, 0.1) is 5.41 Å². The van der Waals surface area contributed by atoms with Gasteiger partial charge in [0.2, 0.25) is 11.8 Å². The first-order valence-corrected chi connectivity index (χ1v) is 7.14. The van der Waals surface area contributed by atoms with Crippen molar-refractivity contribution in [2.45, 2.75) is 19.3 Å². The number of pyridine rings is 1. The Hall–Kier alpha value is -2.17. The first-order valence-electron chi connectivity index (χ1n) is 7.14. The lowest BCUT2D eigenvalue weighted by Gasteiger charge is -2.23. The Morgan fingerprint density at radius 1 is 1.43 bits per heavy atom. The number of nitrogens with zero attached hydrogens (tertiary/aromatic N) is 2. The number of hydrogen-bond acceptors (Lipinski definition) is 3. The van der Waals surface area contributed by atoms with Crippen molar-refractivity contribution in [3.8, 4) is 0 Å². The number of likely N-dealkylation sites (N-methyl/N-ethyl adjacent to an activating group) is 1. The number of carbonyl (C=O) groups is 2. The molecule has 1 saturated carbocycles. The van der Waals surface area contributed by atoms with Gasteiger partial charge in [-0.25, -0.2) is 0 Å². The van der Waals surface area contributed by atoms with E-state index >= 15 is 0 Å². The molecule has 112 valence electrons. The highest BCUT2D eigenvalue weighted by Crippen LogP contribution is 2.47. The predicted octanol–water partition coefficient (Wildman–Crippen LogP) is 1.16. The molecule has 0 radical (unpaired) electrons. The number of carbonyl (C=O) groups excluding carboxylic acids is 2. The molecule has 0 aromatic carbocycles. The van der Waals surface area contributed by atoms with Crippen LogP contribution in [0.2, 0.25) is 0 Å². The van der Waals surface area contributed by atoms with Gasteiger partial charge >= 0.3 is 0 Å². The zero-order valence-corrected chi connectivity index (χ0v) is 12.3. The van der Waals surface area contributed by atoms with Crippen LogP contribution < -0.4 is 5.32 Å². The van der Waals surface area contributed by atoms with E-state index in [0.29, 0.717) is 25.9 Å². The lowest BCUT2D eigenvalue weighted by molar-refractivity contribution is -0.143. The Balaban J connectivity index is 1.90. The number of aromatic nitrogens is 1. The Bertz CT molecular complexity index is 524. The SMILES string of the molecule is C=CCNC(=O)C1(C(=O)N(C)CCc2ccncc2)CC1. The Morgan fingerprint density at radius 2 is 2.10 bits per heavy atom. The summed E-state index contributed by atoms with van der Waals surface area (Å²) in [5.74, 6) is -0.263. The molecule has 2 amide bonds. The summed E-state index contributed by atoms with van der Waals surface area (Å²) in [6.45, 7) is 4.56. The molecule has 1 heterocycles. The van der Waals surface area contributed by atoms with Crippen LogP contribution in [0.5, 0.6) is 0 Å². The van der Waals surface area contributed by atoms with Gasteiger partial charge in [-0.1, -0.05) is 6.08 Å². The molecule has 0 bridgehead atoms. The smallest absolute Gasteiger partial charge is 0.238 e. The maximum Gasteiger partial charge on any atom is 0.238 e. The molecule has 1 N–H and O–H groups in total. The van der Waals surface area contributed by atoms with Crippen LogP contribution in [0.1, 0.15) is 18.4 Å². The first-order chi connectivity index (χ1) is 10.1. The molecule has 1 aliphatic carbocycles. The van der Waals surface area contributed by atoms with Gasteiger partial charge in [0.1, 0.15) is 5.41 Å². The summed E-state index contributed by atoms with van der Waals surface area (Å²) < 4.78 is 0. The minimum atomic E-state index is -0.837. The predicted molar refractivity (Wildman–Crippen MR) is 80.5 cm³/mol. The van der Waals surface area contributed by atoms with E-state index in [1.807, 2.05) is 12.1 Å². The number of hydrogen-bond donors (Lipinski definition) is 1. The third-order valence-electron chi connectivity index (χ3n) is 3.83. The fourth-order valence-corrected chi connectivity index (χ4v) is 2.31. The molecule has 21 heavy (non-hydrogen) atoms. The third-order valence-corrected chi connectivity index (χ3v) is 3.83. The van der Waals surface area contributed by atoms with Gasteiger partial charge in [0.05, 0.1) is 0 Å². The van der Waals surface area contributed by atoms with Gasteiger partial charge in [0, 0.05) is 32.5 Å². The number of amides is 2. The molecule has 1 fully saturated rings. The molecule has 1 aromatic heterocycles. The zero-order chi connectivity index (χ0) is 15.3. The van der Waals surface area contributed by atoms with Crippen molar-refractivity contribution >= 4 is 11.8 Å². The average molecular weight is 287 g/mol. The second-order valence-corrected chi connectivity index (χ2v) is 5.41. The maximum atomic E-state index is 12.5. The summed E-state index contributed by atoms with van der Waals surface area (Å²) in [4.78, 5) is 30.2. The quantitative estimate of drug-likeness (QED) is 0.605. The van der Waals surface area contributed by atoms with Crippen molar-refractivity contribution in [2.75, 3.05) is 20.1 Å². The van der Waals surface area contributed by atoms with E-state index in [2.05, 4.69) is 16.9 Å². The summed E-state index contributed by atoms with van der Waals surface area (Å²) in [6, 6.07) is 3.87. The van der Waals surface area contributed by atoms with Crippen LogP contribution in [0.4, 0.5) is 0 Å². The molecule has 0 aliphatic heterocycles. The van der Waals surface area contributed by atoms with E-state index in [0.717, 1.165) is 12.0 Å². The second kappa shape index (κ2) is 6.52. The van der Waals surface area contributed by atoms with Crippen LogP contribution in [-0.2, 0) is 16.0 Å². The largest absolute Gasteiger partial charge is 0.352 e. The van der Waals surface area contributed by atoms with Gasteiger partial charge < -0.3 is 10.2 Å². The van der Waals surface area contributed by atoms with Crippen molar-refractivity contribution in [3.05, 3.63) is 42.7 Å². The maximum absolute atomic E-state index is 12.5. The lowest BCUT2D eigenvalue weighted by atomic mass is 10.0. The standard InChI is InChI=1S/C16H21N3O2/c1-3-9-18-14(20)16(7-8-16)15(21)19(2)12-6-13-4-10-17-11-5-13/h3-5,10-11H,1,6-9,12H2,2H3,(H,18,20). The van der Waals surface area contributed by atoms with E-state index in [1.165, 1.54) is 0 Å². The summed E-state index contributed by atoms with van der Waals surface area (Å²) in [7, 11) is 1.75. The minimum absolute atomic E-state index is 0.0851. The van der Waals surface area contributed by atoms with Crippen molar-refractivity contribution in [1.29, 1.82) is 0 Å². The van der Waals surface area contributed by atoms with Gasteiger partial charge in [-0.3, -0.25) is 14.6 Å². The number of nitrogens with one attached hydrogen (secondary N) is 1. The van der Waals surface area contributed by atoms with Gasteiger partial charge in [0.25, 0.3) is 0 Å². The molecule has 2 rings (SSSR count). The highest BCUT2D eigenvalue weighted by molar-refractivity contribution is 6.07. The summed E-state index contributed by atoms with van der Waals surface area (Å²) in [5, 5.41) is 2.73. The molecular formula is C16H21N3O2. The van der Waals surface area contributed by atoms with Crippen molar-refractivity contribution in [3.63, 3.8) is 0 Å². The molecule has 0 saturated heterocycles. The molecule has 0 unspecified atom stereocenters. The molecule has 5 heteroatoms. The first kappa shape index (κ1) is 15.2. The second-order valence-electron chi connectivity index (χ2n) is 5.41. The van der Waals surface area contributed by atoms with Gasteiger partial charge in [0.15, 0.2) is 0 Å². The number of rotatable bonds is 7. The van der Waals surface area contributed by atoms with Gasteiger partial charge in [-0.2, -0.15) is 0 Å². The fourth-order valence-electron chi connectivity index (χ4n) is 2.31. The lowest BCUT2D eigenvalue weighted by Crippen LogP contribution is -2.44. The molecule has 0 spiro atoms. The highest BCUT2D eigenvalue weighted by atomic mass is 16.2. The van der Waals surface area contributed by atoms with E-state index in [4.69, 9.17) is 0 Å². The summed E-state index contributed by atoms with van der Waals surface area (Å²) in [6.07, 6.45) is 7.12. The highest BCUT2D eigenvalue weighted by Gasteiger charge is 2.57. The van der Waals surface area contributed by atoms with Crippen molar-refractivity contribution < 1.29 is 9.59 Å². The summed E-state index contributed by atoms with van der Waals surface area (Å²) in [5.41, 5.74) is 0.293. The van der Waals surface area contributed by atoms with Crippen molar-refractivity contribution in [1.82, 2.24) is 15.2 Å². The van der Waals surface area contributed by atoms with Gasteiger partial charge in [-0.15, -0.1) is 6.58 Å². The molecular weight excluding hydrogens is 266 g/mol. The van der Waals surface area contributed by atoms with E-state index in [1.54, 1.807) is 30.4 Å². The molecule has 1 aliphatic rings. The van der Waals surface area contributed by atoms with Gasteiger partial charge in [-0.05, 0) is 37.0 Å². The van der Waals surface area contributed by atoms with E-state index in [9.17, 15) is 9.59 Å². The minimum Gasteiger partial charge on any atom is -0.352 e. The van der Waals surface area contributed by atoms with Crippen molar-refractivity contribution in [2.24, 2.45) is 5.41 Å². The van der Waals surface area contributed by atoms with Crippen LogP contribution >= 0.6 is 0 Å². The Kier molecular flexibility index (Phi) is 4.73. The topological polar surface area (TPSA) is 62.3 Å². The average Bonchev–Trinajstić information content (AvgIpc) is 3.32. The normalized spacial score (nSPS) is 15.1. The zero-order valence-electron chi connectivity index (χ0n) is 12.3.